The second kappa shape index (κ2) is 6.36. The zero-order chi connectivity index (χ0) is 17.4. The van der Waals surface area contributed by atoms with Gasteiger partial charge in [0.1, 0.15) is 0 Å². The van der Waals surface area contributed by atoms with Gasteiger partial charge in [0.25, 0.3) is 0 Å². The van der Waals surface area contributed by atoms with Crippen molar-refractivity contribution in [2.24, 2.45) is 35.5 Å². The number of alkyl halides is 1. The molecule has 0 aromatic rings. The van der Waals surface area contributed by atoms with Gasteiger partial charge in [-0.15, -0.1) is 11.6 Å². The molecule has 0 amide bonds. The fraction of sp³-hybridized carbons (Fsp3) is 1.00. The molecule has 8 bridgehead atoms. The summed E-state index contributed by atoms with van der Waals surface area (Å²) in [6.07, 6.45) is 24.0. The first-order valence-electron chi connectivity index (χ1n) is 12.0. The van der Waals surface area contributed by atoms with Gasteiger partial charge in [0.05, 0.1) is 0 Å². The molecule has 0 atom stereocenters. The van der Waals surface area contributed by atoms with E-state index in [0.717, 1.165) is 51.7 Å². The molecule has 0 aromatic carbocycles. The van der Waals surface area contributed by atoms with Crippen molar-refractivity contribution >= 4 is 19.5 Å². The molecular weight excluding hydrogens is 355 g/mol. The minimum atomic E-state index is 0.221. The summed E-state index contributed by atoms with van der Waals surface area (Å²) in [5.74, 6) is 7.69. The van der Waals surface area contributed by atoms with Crippen molar-refractivity contribution in [2.45, 2.75) is 100 Å². The van der Waals surface area contributed by atoms with Crippen LogP contribution in [0.1, 0.15) is 89.9 Å². The molecule has 8 aliphatic rings. The molecule has 8 aliphatic carbocycles. The van der Waals surface area contributed by atoms with E-state index in [4.69, 9.17) is 11.6 Å². The van der Waals surface area contributed by atoms with Crippen LogP contribution >= 0.6 is 19.5 Å². The predicted molar refractivity (Wildman–Crippen MR) is 114 cm³/mol. The second-order valence-corrected chi connectivity index (χ2v) is 15.4. The van der Waals surface area contributed by atoms with Crippen molar-refractivity contribution in [1.29, 1.82) is 0 Å². The SMILES string of the molecule is ClCCCCP(C12CC3CC(CC(C3)C1)C2)C12CC3CC(CC(C3)C1)C2. The van der Waals surface area contributed by atoms with Gasteiger partial charge in [-0.25, -0.2) is 0 Å². The summed E-state index contributed by atoms with van der Waals surface area (Å²) in [5, 5.41) is 1.67. The van der Waals surface area contributed by atoms with Gasteiger partial charge in [-0.1, -0.05) is 7.92 Å². The lowest BCUT2D eigenvalue weighted by atomic mass is 9.55. The molecule has 0 N–H and O–H groups in total. The molecule has 146 valence electrons. The number of hydrogen-bond acceptors (Lipinski definition) is 0. The fourth-order valence-corrected chi connectivity index (χ4v) is 15.7. The third kappa shape index (κ3) is 2.70. The maximum absolute atomic E-state index is 6.13. The molecule has 26 heavy (non-hydrogen) atoms. The number of hydrogen-bond donors (Lipinski definition) is 0. The largest absolute Gasteiger partial charge is 0.127 e. The van der Waals surface area contributed by atoms with Crippen LogP contribution in [0.5, 0.6) is 0 Å². The first-order valence-corrected chi connectivity index (χ1v) is 14.1. The lowest BCUT2D eigenvalue weighted by molar-refractivity contribution is 0.0185. The highest BCUT2D eigenvalue weighted by Gasteiger charge is 2.62. The van der Waals surface area contributed by atoms with E-state index >= 15 is 0 Å². The van der Waals surface area contributed by atoms with E-state index in [1.54, 1.807) is 83.2 Å². The molecule has 0 saturated heterocycles. The van der Waals surface area contributed by atoms with E-state index in [1.165, 1.54) is 12.8 Å². The topological polar surface area (TPSA) is 0 Å². The third-order valence-electron chi connectivity index (χ3n) is 9.92. The predicted octanol–water partition coefficient (Wildman–Crippen LogP) is 7.42. The van der Waals surface area contributed by atoms with Crippen LogP contribution in [-0.2, 0) is 0 Å². The van der Waals surface area contributed by atoms with E-state index in [9.17, 15) is 0 Å². The Hall–Kier alpha value is 0.720. The van der Waals surface area contributed by atoms with Crippen LogP contribution in [0.25, 0.3) is 0 Å². The van der Waals surface area contributed by atoms with Gasteiger partial charge in [-0.05, 0) is 142 Å². The van der Waals surface area contributed by atoms with Crippen LogP contribution < -0.4 is 0 Å². The molecule has 0 nitrogen and oxygen atoms in total. The molecule has 0 radical (unpaired) electrons. The minimum absolute atomic E-state index is 0.221. The number of halogens is 1. The quantitative estimate of drug-likeness (QED) is 0.250. The molecule has 8 rings (SSSR count). The van der Waals surface area contributed by atoms with E-state index in [0.29, 0.717) is 0 Å². The minimum Gasteiger partial charge on any atom is -0.127 e. The van der Waals surface area contributed by atoms with Crippen LogP contribution in [0, 0.1) is 35.5 Å². The summed E-state index contributed by atoms with van der Waals surface area (Å²) in [6, 6.07) is 0. The van der Waals surface area contributed by atoms with E-state index in [2.05, 4.69) is 0 Å². The highest BCUT2D eigenvalue weighted by atomic mass is 35.5. The molecule has 0 aromatic heterocycles. The van der Waals surface area contributed by atoms with Crippen molar-refractivity contribution < 1.29 is 0 Å². The lowest BCUT2D eigenvalue weighted by Crippen LogP contribution is -2.56. The lowest BCUT2D eigenvalue weighted by Gasteiger charge is -2.67. The van der Waals surface area contributed by atoms with Gasteiger partial charge in [0, 0.05) is 5.88 Å². The third-order valence-corrected chi connectivity index (χ3v) is 14.3. The Balaban J connectivity index is 1.35. The summed E-state index contributed by atoms with van der Waals surface area (Å²) in [7, 11) is 0.221. The molecule has 8 fully saturated rings. The zero-order valence-electron chi connectivity index (χ0n) is 16.6. The van der Waals surface area contributed by atoms with Crippen molar-refractivity contribution in [3.05, 3.63) is 0 Å². The van der Waals surface area contributed by atoms with Crippen LogP contribution in [0.15, 0.2) is 0 Å². The van der Waals surface area contributed by atoms with Crippen LogP contribution in [0.3, 0.4) is 0 Å². The highest BCUT2D eigenvalue weighted by Crippen LogP contribution is 2.78. The average molecular weight is 393 g/mol. The Morgan fingerprint density at radius 2 is 0.923 bits per heavy atom. The molecule has 0 aliphatic heterocycles. The molecule has 0 heterocycles. The fourth-order valence-electron chi connectivity index (χ4n) is 10.1. The number of rotatable bonds is 6. The highest BCUT2D eigenvalue weighted by molar-refractivity contribution is 7.61. The summed E-state index contributed by atoms with van der Waals surface area (Å²) >= 11 is 6.13. The van der Waals surface area contributed by atoms with Crippen molar-refractivity contribution in [1.82, 2.24) is 0 Å². The second-order valence-electron chi connectivity index (χ2n) is 11.8. The van der Waals surface area contributed by atoms with Gasteiger partial charge in [-0.3, -0.25) is 0 Å². The summed E-state index contributed by atoms with van der Waals surface area (Å²) in [6.45, 7) is 0. The smallest absolute Gasteiger partial charge is 0.0223 e. The Labute approximate surface area is 167 Å². The zero-order valence-corrected chi connectivity index (χ0v) is 18.3. The van der Waals surface area contributed by atoms with Crippen molar-refractivity contribution in [2.75, 3.05) is 12.0 Å². The Morgan fingerprint density at radius 1 is 0.577 bits per heavy atom. The molecule has 2 heteroatoms. The summed E-state index contributed by atoms with van der Waals surface area (Å²) < 4.78 is 0. The monoisotopic (exact) mass is 392 g/mol. The van der Waals surface area contributed by atoms with Gasteiger partial charge >= 0.3 is 0 Å². The standard InChI is InChI=1S/C24H38ClP/c25-3-1-2-4-26(23-11-17-5-18(12-23)7-19(6-17)13-23)24-14-20-8-21(15-24)10-22(9-20)16-24/h17-22H,1-16H2. The van der Waals surface area contributed by atoms with Crippen LogP contribution in [-0.4, -0.2) is 22.4 Å². The van der Waals surface area contributed by atoms with Gasteiger partial charge in [0.2, 0.25) is 0 Å². The Kier molecular flexibility index (Phi) is 4.30. The van der Waals surface area contributed by atoms with Crippen LogP contribution in [0.2, 0.25) is 0 Å². The maximum atomic E-state index is 6.13. The normalized spacial score (nSPS) is 54.8. The van der Waals surface area contributed by atoms with Crippen LogP contribution in [0.4, 0.5) is 0 Å². The average Bonchev–Trinajstić information content (AvgIpc) is 2.56. The number of unbranched alkanes of at least 4 members (excludes halogenated alkanes) is 1. The first-order chi connectivity index (χ1) is 12.7. The van der Waals surface area contributed by atoms with E-state index < -0.39 is 0 Å². The van der Waals surface area contributed by atoms with E-state index in [-0.39, 0.29) is 7.92 Å². The summed E-state index contributed by atoms with van der Waals surface area (Å²) in [5.41, 5.74) is 0. The van der Waals surface area contributed by atoms with Gasteiger partial charge < -0.3 is 0 Å². The van der Waals surface area contributed by atoms with Crippen molar-refractivity contribution in [3.8, 4) is 0 Å². The van der Waals surface area contributed by atoms with E-state index in [1.807, 2.05) is 0 Å². The summed E-state index contributed by atoms with van der Waals surface area (Å²) in [4.78, 5) is 0. The first kappa shape index (κ1) is 17.6. The molecule has 8 saturated carbocycles. The van der Waals surface area contributed by atoms with Gasteiger partial charge in [0.15, 0.2) is 0 Å². The maximum Gasteiger partial charge on any atom is 0.0223 e. The molecule has 0 spiro atoms. The van der Waals surface area contributed by atoms with Gasteiger partial charge in [-0.2, -0.15) is 0 Å². The van der Waals surface area contributed by atoms with Crippen molar-refractivity contribution in [3.63, 3.8) is 0 Å². The molecular formula is C24H38ClP. The Morgan fingerprint density at radius 3 is 1.23 bits per heavy atom. The Bertz CT molecular complexity index is 440. The molecule has 0 unspecified atom stereocenters.